The second-order valence-electron chi connectivity index (χ2n) is 8.33. The van der Waals surface area contributed by atoms with Crippen LogP contribution < -0.4 is 5.32 Å². The van der Waals surface area contributed by atoms with Crippen molar-refractivity contribution >= 4 is 11.7 Å². The van der Waals surface area contributed by atoms with Crippen molar-refractivity contribution in [1.29, 1.82) is 0 Å². The number of nitrogens with one attached hydrogen (secondary N) is 1. The van der Waals surface area contributed by atoms with E-state index < -0.39 is 0 Å². The third kappa shape index (κ3) is 8.71. The van der Waals surface area contributed by atoms with Crippen molar-refractivity contribution in [1.82, 2.24) is 0 Å². The molecule has 0 amide bonds. The van der Waals surface area contributed by atoms with Crippen LogP contribution in [0.5, 0.6) is 0 Å². The number of hydrogen-bond donors (Lipinski definition) is 1. The lowest BCUT2D eigenvalue weighted by Crippen LogP contribution is -2.18. The Hall–Kier alpha value is -1.51. The van der Waals surface area contributed by atoms with E-state index >= 15 is 0 Å². The zero-order valence-corrected chi connectivity index (χ0v) is 15.0. The van der Waals surface area contributed by atoms with Gasteiger partial charge in [0.2, 0.25) is 0 Å². The van der Waals surface area contributed by atoms with Crippen LogP contribution in [-0.2, 0) is 16.1 Å². The number of benzene rings is 1. The molecule has 0 aliphatic carbocycles. The van der Waals surface area contributed by atoms with E-state index in [-0.39, 0.29) is 16.8 Å². The van der Waals surface area contributed by atoms with Gasteiger partial charge in [0, 0.05) is 18.7 Å². The van der Waals surface area contributed by atoms with E-state index in [0.717, 1.165) is 24.2 Å². The smallest absolute Gasteiger partial charge is 0.306 e. The van der Waals surface area contributed by atoms with Gasteiger partial charge in [-0.1, -0.05) is 53.7 Å². The van der Waals surface area contributed by atoms with E-state index in [1.54, 1.807) is 0 Å². The highest BCUT2D eigenvalue weighted by Crippen LogP contribution is 2.21. The van der Waals surface area contributed by atoms with E-state index in [1.807, 2.05) is 24.3 Å². The van der Waals surface area contributed by atoms with Crippen molar-refractivity contribution in [3.8, 4) is 0 Å². The maximum Gasteiger partial charge on any atom is 0.306 e. The van der Waals surface area contributed by atoms with Gasteiger partial charge in [0.05, 0.1) is 0 Å². The van der Waals surface area contributed by atoms with E-state index in [4.69, 9.17) is 4.74 Å². The molecule has 0 spiro atoms. The Labute approximate surface area is 135 Å². The Kier molecular flexibility index (Phi) is 6.46. The van der Waals surface area contributed by atoms with Crippen molar-refractivity contribution in [3.05, 3.63) is 29.8 Å². The first-order valence-electron chi connectivity index (χ1n) is 8.04. The summed E-state index contributed by atoms with van der Waals surface area (Å²) < 4.78 is 5.32. The molecule has 0 fully saturated rings. The maximum absolute atomic E-state index is 11.7. The highest BCUT2D eigenvalue weighted by Gasteiger charge is 2.13. The van der Waals surface area contributed by atoms with E-state index in [1.165, 1.54) is 0 Å². The Morgan fingerprint density at radius 2 is 1.59 bits per heavy atom. The number of carbonyl (C=O) groups excluding carboxylic acids is 1. The first-order valence-corrected chi connectivity index (χ1v) is 8.04. The summed E-state index contributed by atoms with van der Waals surface area (Å²) in [5.41, 5.74) is 2.53. The lowest BCUT2D eigenvalue weighted by molar-refractivity contribution is -0.145. The minimum absolute atomic E-state index is 0.121. The van der Waals surface area contributed by atoms with Gasteiger partial charge < -0.3 is 10.1 Å². The van der Waals surface area contributed by atoms with Crippen molar-refractivity contribution in [2.45, 2.75) is 61.0 Å². The molecule has 0 radical (unpaired) electrons. The van der Waals surface area contributed by atoms with Gasteiger partial charge in [0.15, 0.2) is 0 Å². The summed E-state index contributed by atoms with van der Waals surface area (Å²) in [6.45, 7) is 14.3. The molecule has 0 aliphatic heterocycles. The number of carbonyl (C=O) groups is 1. The molecule has 1 rings (SSSR count). The summed E-state index contributed by atoms with van der Waals surface area (Å²) in [7, 11) is 0. The van der Waals surface area contributed by atoms with Crippen LogP contribution in [0.1, 0.15) is 59.9 Å². The molecule has 1 aromatic carbocycles. The molecule has 3 nitrogen and oxygen atoms in total. The molecule has 0 heterocycles. The summed E-state index contributed by atoms with van der Waals surface area (Å²) in [6, 6.07) is 8.07. The fraction of sp³-hybridized carbons (Fsp3) is 0.632. The summed E-state index contributed by atoms with van der Waals surface area (Å²) in [5.74, 6) is -0.121. The summed E-state index contributed by atoms with van der Waals surface area (Å²) in [6.07, 6.45) is 1.33. The highest BCUT2D eigenvalue weighted by molar-refractivity contribution is 5.69. The minimum Gasteiger partial charge on any atom is -0.461 e. The zero-order valence-electron chi connectivity index (χ0n) is 15.0. The van der Waals surface area contributed by atoms with Crippen LogP contribution in [-0.4, -0.2) is 12.5 Å². The lowest BCUT2D eigenvalue weighted by Gasteiger charge is -2.19. The van der Waals surface area contributed by atoms with Crippen LogP contribution in [0.15, 0.2) is 24.3 Å². The molecular weight excluding hydrogens is 274 g/mol. The van der Waals surface area contributed by atoms with Crippen molar-refractivity contribution in [2.75, 3.05) is 11.9 Å². The molecule has 3 heteroatoms. The molecule has 124 valence electrons. The average Bonchev–Trinajstić information content (AvgIpc) is 2.40. The molecule has 0 bridgehead atoms. The minimum atomic E-state index is -0.121. The first-order chi connectivity index (χ1) is 10.1. The largest absolute Gasteiger partial charge is 0.461 e. The molecule has 0 aromatic heterocycles. The Morgan fingerprint density at radius 1 is 1.00 bits per heavy atom. The number of ether oxygens (including phenoxy) is 1. The Morgan fingerprint density at radius 3 is 2.09 bits per heavy atom. The molecule has 0 saturated carbocycles. The van der Waals surface area contributed by atoms with Gasteiger partial charge in [-0.15, -0.1) is 0 Å². The molecule has 1 N–H and O–H groups in total. The number of anilines is 1. The summed E-state index contributed by atoms with van der Waals surface area (Å²) in [5, 5.41) is 3.41. The normalized spacial score (nSPS) is 12.1. The topological polar surface area (TPSA) is 38.3 Å². The highest BCUT2D eigenvalue weighted by atomic mass is 16.5. The molecule has 0 unspecified atom stereocenters. The summed E-state index contributed by atoms with van der Waals surface area (Å²) >= 11 is 0. The number of hydrogen-bond acceptors (Lipinski definition) is 3. The molecule has 0 aliphatic rings. The van der Waals surface area contributed by atoms with Crippen LogP contribution in [0, 0.1) is 10.8 Å². The third-order valence-corrected chi connectivity index (χ3v) is 3.26. The van der Waals surface area contributed by atoms with Gasteiger partial charge in [-0.2, -0.15) is 0 Å². The van der Waals surface area contributed by atoms with E-state index in [9.17, 15) is 4.79 Å². The quantitative estimate of drug-likeness (QED) is 0.750. The standard InChI is InChI=1S/C19H31NO2/c1-18(2,3)12-11-17(21)22-13-15-7-9-16(10-8-15)20-14-19(4,5)6/h7-10,20H,11-14H2,1-6H3. The second kappa shape index (κ2) is 7.66. The van der Waals surface area contributed by atoms with Gasteiger partial charge in [-0.3, -0.25) is 4.79 Å². The van der Waals surface area contributed by atoms with Crippen molar-refractivity contribution in [3.63, 3.8) is 0 Å². The fourth-order valence-electron chi connectivity index (χ4n) is 1.80. The van der Waals surface area contributed by atoms with Crippen molar-refractivity contribution in [2.24, 2.45) is 10.8 Å². The molecule has 0 saturated heterocycles. The molecule has 22 heavy (non-hydrogen) atoms. The van der Waals surface area contributed by atoms with Crippen LogP contribution in [0.2, 0.25) is 0 Å². The van der Waals surface area contributed by atoms with Crippen LogP contribution in [0.25, 0.3) is 0 Å². The summed E-state index contributed by atoms with van der Waals surface area (Å²) in [4.78, 5) is 11.7. The van der Waals surface area contributed by atoms with Gasteiger partial charge in [-0.25, -0.2) is 0 Å². The third-order valence-electron chi connectivity index (χ3n) is 3.26. The van der Waals surface area contributed by atoms with Crippen LogP contribution in [0.4, 0.5) is 5.69 Å². The van der Waals surface area contributed by atoms with Gasteiger partial charge in [-0.05, 0) is 34.9 Å². The number of esters is 1. The first kappa shape index (κ1) is 18.5. The van der Waals surface area contributed by atoms with E-state index in [2.05, 4.69) is 46.9 Å². The SMILES string of the molecule is CC(C)(C)CCC(=O)OCc1ccc(NCC(C)(C)C)cc1. The number of rotatable bonds is 6. The average molecular weight is 305 g/mol. The molecule has 1 aromatic rings. The zero-order chi connectivity index (χ0) is 16.8. The Balaban J connectivity index is 2.37. The van der Waals surface area contributed by atoms with Gasteiger partial charge in [0.25, 0.3) is 0 Å². The predicted molar refractivity (Wildman–Crippen MR) is 92.9 cm³/mol. The predicted octanol–water partition coefficient (Wildman–Crippen LogP) is 5.01. The van der Waals surface area contributed by atoms with E-state index in [0.29, 0.717) is 13.0 Å². The molecular formula is C19H31NO2. The van der Waals surface area contributed by atoms with Crippen LogP contribution >= 0.6 is 0 Å². The van der Waals surface area contributed by atoms with Crippen molar-refractivity contribution < 1.29 is 9.53 Å². The molecule has 0 atom stereocenters. The monoisotopic (exact) mass is 305 g/mol. The second-order valence-corrected chi connectivity index (χ2v) is 8.33. The maximum atomic E-state index is 11.7. The lowest BCUT2D eigenvalue weighted by atomic mass is 9.91. The van der Waals surface area contributed by atoms with Crippen LogP contribution in [0.3, 0.4) is 0 Å². The van der Waals surface area contributed by atoms with Gasteiger partial charge in [0.1, 0.15) is 6.61 Å². The van der Waals surface area contributed by atoms with Gasteiger partial charge >= 0.3 is 5.97 Å². The Bertz CT molecular complexity index is 464. The fourth-order valence-corrected chi connectivity index (χ4v) is 1.80.